The largest absolute Gasteiger partial charge is 0.484 e. The lowest BCUT2D eigenvalue weighted by atomic mass is 10.2. The second-order valence-corrected chi connectivity index (χ2v) is 5.90. The van der Waals surface area contributed by atoms with Crippen molar-refractivity contribution in [1.29, 1.82) is 5.26 Å². The fourth-order valence-corrected chi connectivity index (χ4v) is 2.56. The van der Waals surface area contributed by atoms with Crippen LogP contribution in [0.4, 0.5) is 5.88 Å². The fraction of sp³-hybridized carbons (Fsp3) is 0.158. The molecular formula is C19H16ClN3O2. The first-order chi connectivity index (χ1) is 12.2. The third kappa shape index (κ3) is 4.31. The maximum absolute atomic E-state index is 9.31. The van der Waals surface area contributed by atoms with Gasteiger partial charge in [-0.1, -0.05) is 48.0 Å². The third-order valence-corrected chi connectivity index (χ3v) is 3.76. The SMILES string of the molecule is CN(Cc1ccccc1)c1oc(COc2cccc(Cl)c2)nc1C#N. The number of aromatic nitrogens is 1. The Hall–Kier alpha value is -2.97. The minimum absolute atomic E-state index is 0.119. The molecule has 1 heterocycles. The van der Waals surface area contributed by atoms with Crippen LogP contribution in [0.2, 0.25) is 5.02 Å². The molecule has 1 aromatic heterocycles. The predicted octanol–water partition coefficient (Wildman–Crippen LogP) is 4.42. The molecule has 0 amide bonds. The summed E-state index contributed by atoms with van der Waals surface area (Å²) in [5.41, 5.74) is 1.35. The van der Waals surface area contributed by atoms with E-state index in [2.05, 4.69) is 11.1 Å². The van der Waals surface area contributed by atoms with Gasteiger partial charge < -0.3 is 14.1 Å². The summed E-state index contributed by atoms with van der Waals surface area (Å²) in [6.45, 7) is 0.730. The van der Waals surface area contributed by atoms with Gasteiger partial charge in [0.15, 0.2) is 6.61 Å². The highest BCUT2D eigenvalue weighted by molar-refractivity contribution is 6.30. The molecule has 0 aliphatic carbocycles. The summed E-state index contributed by atoms with van der Waals surface area (Å²) in [5, 5.41) is 9.90. The molecule has 0 aliphatic heterocycles. The Balaban J connectivity index is 1.72. The standard InChI is InChI=1S/C19H16ClN3O2/c1-23(12-14-6-3-2-4-7-14)19-17(11-21)22-18(25-19)13-24-16-9-5-8-15(20)10-16/h2-10H,12-13H2,1H3. The molecule has 25 heavy (non-hydrogen) atoms. The molecule has 0 spiro atoms. The van der Waals surface area contributed by atoms with E-state index in [4.69, 9.17) is 20.8 Å². The van der Waals surface area contributed by atoms with Gasteiger partial charge in [-0.05, 0) is 23.8 Å². The molecule has 126 valence electrons. The lowest BCUT2D eigenvalue weighted by molar-refractivity contribution is 0.264. The first kappa shape index (κ1) is 16.9. The van der Waals surface area contributed by atoms with E-state index < -0.39 is 0 Å². The van der Waals surface area contributed by atoms with Crippen LogP contribution in [-0.4, -0.2) is 12.0 Å². The Morgan fingerprint density at radius 2 is 2.00 bits per heavy atom. The zero-order valence-corrected chi connectivity index (χ0v) is 14.4. The maximum atomic E-state index is 9.31. The summed E-state index contributed by atoms with van der Waals surface area (Å²) < 4.78 is 11.3. The summed E-state index contributed by atoms with van der Waals surface area (Å²) in [7, 11) is 1.86. The first-order valence-corrected chi connectivity index (χ1v) is 8.07. The number of hydrogen-bond donors (Lipinski definition) is 0. The van der Waals surface area contributed by atoms with E-state index in [-0.39, 0.29) is 12.3 Å². The van der Waals surface area contributed by atoms with Gasteiger partial charge in [0.2, 0.25) is 17.5 Å². The second kappa shape index (κ2) is 7.73. The molecule has 0 aliphatic rings. The van der Waals surface area contributed by atoms with Crippen LogP contribution < -0.4 is 9.64 Å². The van der Waals surface area contributed by atoms with E-state index >= 15 is 0 Å². The molecule has 5 nitrogen and oxygen atoms in total. The van der Waals surface area contributed by atoms with E-state index in [1.54, 1.807) is 24.3 Å². The summed E-state index contributed by atoms with van der Waals surface area (Å²) in [6.07, 6.45) is 0. The Kier molecular flexibility index (Phi) is 5.22. The molecule has 0 saturated heterocycles. The van der Waals surface area contributed by atoms with Crippen LogP contribution in [-0.2, 0) is 13.2 Å². The van der Waals surface area contributed by atoms with Crippen LogP contribution >= 0.6 is 11.6 Å². The smallest absolute Gasteiger partial charge is 0.236 e. The van der Waals surface area contributed by atoms with E-state index in [1.165, 1.54) is 0 Å². The Bertz CT molecular complexity index is 887. The van der Waals surface area contributed by atoms with Crippen molar-refractivity contribution < 1.29 is 9.15 Å². The number of benzene rings is 2. The zero-order valence-electron chi connectivity index (χ0n) is 13.6. The van der Waals surface area contributed by atoms with E-state index in [1.807, 2.05) is 42.3 Å². The van der Waals surface area contributed by atoms with E-state index in [0.29, 0.717) is 29.1 Å². The van der Waals surface area contributed by atoms with Crippen LogP contribution in [0.3, 0.4) is 0 Å². The van der Waals surface area contributed by atoms with Gasteiger partial charge in [-0.3, -0.25) is 0 Å². The van der Waals surface area contributed by atoms with Gasteiger partial charge in [-0.15, -0.1) is 0 Å². The molecule has 0 saturated carbocycles. The van der Waals surface area contributed by atoms with E-state index in [9.17, 15) is 5.26 Å². The van der Waals surface area contributed by atoms with Gasteiger partial charge >= 0.3 is 0 Å². The third-order valence-electron chi connectivity index (χ3n) is 3.53. The number of hydrogen-bond acceptors (Lipinski definition) is 5. The topological polar surface area (TPSA) is 62.3 Å². The normalized spacial score (nSPS) is 10.3. The zero-order chi connectivity index (χ0) is 17.6. The average Bonchev–Trinajstić information content (AvgIpc) is 3.04. The number of anilines is 1. The second-order valence-electron chi connectivity index (χ2n) is 5.46. The number of nitriles is 1. The molecule has 2 aromatic carbocycles. The molecule has 0 fully saturated rings. The van der Waals surface area contributed by atoms with Crippen LogP contribution in [0.5, 0.6) is 5.75 Å². The number of ether oxygens (including phenoxy) is 1. The van der Waals surface area contributed by atoms with E-state index in [0.717, 1.165) is 5.56 Å². The van der Waals surface area contributed by atoms with Crippen molar-refractivity contribution in [3.8, 4) is 11.8 Å². The lowest BCUT2D eigenvalue weighted by Crippen LogP contribution is -2.16. The minimum Gasteiger partial charge on any atom is -0.484 e. The van der Waals surface area contributed by atoms with Crippen LogP contribution in [0.25, 0.3) is 0 Å². The highest BCUT2D eigenvalue weighted by Gasteiger charge is 2.17. The first-order valence-electron chi connectivity index (χ1n) is 7.69. The van der Waals surface area contributed by atoms with Crippen molar-refractivity contribution in [2.75, 3.05) is 11.9 Å². The van der Waals surface area contributed by atoms with Gasteiger partial charge in [0.05, 0.1) is 0 Å². The molecule has 0 radical (unpaired) electrons. The highest BCUT2D eigenvalue weighted by atomic mass is 35.5. The van der Waals surface area contributed by atoms with Gasteiger partial charge in [0.25, 0.3) is 0 Å². The quantitative estimate of drug-likeness (QED) is 0.656. The Labute approximate surface area is 151 Å². The van der Waals surface area contributed by atoms with Crippen LogP contribution in [0.15, 0.2) is 59.0 Å². The Morgan fingerprint density at radius 3 is 2.72 bits per heavy atom. The van der Waals surface area contributed by atoms with Gasteiger partial charge in [0.1, 0.15) is 11.8 Å². The van der Waals surface area contributed by atoms with Crippen molar-refractivity contribution >= 4 is 17.5 Å². The maximum Gasteiger partial charge on any atom is 0.236 e. The number of oxazole rings is 1. The molecule has 3 rings (SSSR count). The summed E-state index contributed by atoms with van der Waals surface area (Å²) in [5.74, 6) is 1.38. The van der Waals surface area contributed by atoms with Crippen LogP contribution in [0.1, 0.15) is 17.1 Å². The highest BCUT2D eigenvalue weighted by Crippen LogP contribution is 2.24. The predicted molar refractivity (Wildman–Crippen MR) is 95.6 cm³/mol. The average molecular weight is 354 g/mol. The van der Waals surface area contributed by atoms with Crippen molar-refractivity contribution in [3.63, 3.8) is 0 Å². The van der Waals surface area contributed by atoms with Gasteiger partial charge in [-0.2, -0.15) is 10.2 Å². The van der Waals surface area contributed by atoms with Crippen molar-refractivity contribution in [2.45, 2.75) is 13.2 Å². The molecule has 0 N–H and O–H groups in total. The molecule has 0 unspecified atom stereocenters. The van der Waals surface area contributed by atoms with Crippen molar-refractivity contribution in [1.82, 2.24) is 4.98 Å². The number of nitrogens with zero attached hydrogens (tertiary/aromatic N) is 3. The van der Waals surface area contributed by atoms with Gasteiger partial charge in [0, 0.05) is 18.6 Å². The molecular weight excluding hydrogens is 338 g/mol. The molecule has 6 heteroatoms. The summed E-state index contributed by atoms with van der Waals surface area (Å²) in [4.78, 5) is 6.05. The summed E-state index contributed by atoms with van der Waals surface area (Å²) >= 11 is 5.93. The monoisotopic (exact) mass is 353 g/mol. The van der Waals surface area contributed by atoms with Crippen molar-refractivity contribution in [2.24, 2.45) is 0 Å². The molecule has 0 atom stereocenters. The molecule has 3 aromatic rings. The number of halogens is 1. The lowest BCUT2D eigenvalue weighted by Gasteiger charge is -2.15. The minimum atomic E-state index is 0.119. The summed E-state index contributed by atoms with van der Waals surface area (Å²) in [6, 6.07) is 19.1. The fourth-order valence-electron chi connectivity index (χ4n) is 2.38. The van der Waals surface area contributed by atoms with Gasteiger partial charge in [-0.25, -0.2) is 0 Å². The number of rotatable bonds is 6. The Morgan fingerprint density at radius 1 is 1.20 bits per heavy atom. The molecule has 0 bridgehead atoms. The van der Waals surface area contributed by atoms with Crippen LogP contribution in [0, 0.1) is 11.3 Å². The van der Waals surface area contributed by atoms with Crippen molar-refractivity contribution in [3.05, 3.63) is 76.8 Å².